The van der Waals surface area contributed by atoms with Gasteiger partial charge in [0, 0.05) is 24.7 Å². The Kier molecular flexibility index (Phi) is 3.56. The Balaban J connectivity index is 2.06. The predicted molar refractivity (Wildman–Crippen MR) is 84.0 cm³/mol. The number of aromatic amines is 1. The van der Waals surface area contributed by atoms with E-state index in [1.54, 1.807) is 7.11 Å². The largest absolute Gasteiger partial charge is 0.497 e. The number of nitrogens with zero attached hydrogens (tertiary/aromatic N) is 2. The van der Waals surface area contributed by atoms with Gasteiger partial charge in [0.25, 0.3) is 0 Å². The highest BCUT2D eigenvalue weighted by molar-refractivity contribution is 7.71. The van der Waals surface area contributed by atoms with E-state index in [4.69, 9.17) is 17.0 Å². The van der Waals surface area contributed by atoms with E-state index in [2.05, 4.69) is 34.5 Å². The zero-order chi connectivity index (χ0) is 14.3. The van der Waals surface area contributed by atoms with E-state index in [0.717, 1.165) is 40.9 Å². The Morgan fingerprint density at radius 3 is 2.90 bits per heavy atom. The molecule has 0 bridgehead atoms. The Labute approximate surface area is 124 Å². The molecule has 0 spiro atoms. The van der Waals surface area contributed by atoms with Gasteiger partial charge in [-0.15, -0.1) is 0 Å². The van der Waals surface area contributed by atoms with E-state index in [1.165, 1.54) is 0 Å². The summed E-state index contributed by atoms with van der Waals surface area (Å²) in [4.78, 5) is 5.72. The number of fused-ring (bicyclic) bond motifs is 1. The molecule has 1 N–H and O–H groups in total. The lowest BCUT2D eigenvalue weighted by atomic mass is 9.98. The number of aromatic nitrogens is 2. The van der Waals surface area contributed by atoms with Crippen LogP contribution in [0.2, 0.25) is 0 Å². The standard InChI is InChI=1S/C15H21N3OS/c1-10-8-11(6-7-17(10)2)18-14-9-12(19-3)4-5-13(14)16-15(18)20/h4-5,9-11H,6-8H2,1-3H3,(H,16,20). The van der Waals surface area contributed by atoms with Gasteiger partial charge in [0.15, 0.2) is 4.77 Å². The van der Waals surface area contributed by atoms with Gasteiger partial charge in [-0.05, 0) is 51.2 Å². The van der Waals surface area contributed by atoms with Crippen LogP contribution in [0.15, 0.2) is 18.2 Å². The molecule has 0 aliphatic carbocycles. The fourth-order valence-electron chi connectivity index (χ4n) is 3.09. The molecule has 0 amide bonds. The third-order valence-corrected chi connectivity index (χ3v) is 4.77. The monoisotopic (exact) mass is 291 g/mol. The molecule has 0 radical (unpaired) electrons. The van der Waals surface area contributed by atoms with Crippen molar-refractivity contribution in [1.29, 1.82) is 0 Å². The van der Waals surface area contributed by atoms with Crippen molar-refractivity contribution in [1.82, 2.24) is 14.5 Å². The minimum atomic E-state index is 0.467. The van der Waals surface area contributed by atoms with Gasteiger partial charge in [-0.1, -0.05) is 0 Å². The zero-order valence-electron chi connectivity index (χ0n) is 12.2. The number of piperidine rings is 1. The van der Waals surface area contributed by atoms with Crippen LogP contribution in [0.4, 0.5) is 0 Å². The van der Waals surface area contributed by atoms with Gasteiger partial charge >= 0.3 is 0 Å². The minimum absolute atomic E-state index is 0.467. The van der Waals surface area contributed by atoms with Crippen molar-refractivity contribution in [3.63, 3.8) is 0 Å². The number of hydrogen-bond donors (Lipinski definition) is 1. The third kappa shape index (κ3) is 2.25. The summed E-state index contributed by atoms with van der Waals surface area (Å²) in [7, 11) is 3.89. The first-order valence-corrected chi connectivity index (χ1v) is 7.49. The SMILES string of the molecule is COc1ccc2[nH]c(=S)n(C3CCN(C)C(C)C3)c2c1. The predicted octanol–water partition coefficient (Wildman–Crippen LogP) is 3.36. The molecule has 2 heterocycles. The maximum absolute atomic E-state index is 5.53. The number of nitrogens with one attached hydrogen (secondary N) is 1. The Hall–Kier alpha value is -1.33. The van der Waals surface area contributed by atoms with Gasteiger partial charge in [0.1, 0.15) is 5.75 Å². The lowest BCUT2D eigenvalue weighted by molar-refractivity contribution is 0.158. The van der Waals surface area contributed by atoms with Crippen molar-refractivity contribution in [2.24, 2.45) is 0 Å². The van der Waals surface area contributed by atoms with E-state index in [9.17, 15) is 0 Å². The molecule has 0 saturated carbocycles. The van der Waals surface area contributed by atoms with Crippen LogP contribution in [0.3, 0.4) is 0 Å². The van der Waals surface area contributed by atoms with E-state index < -0.39 is 0 Å². The number of methoxy groups -OCH3 is 1. The summed E-state index contributed by atoms with van der Waals surface area (Å²) in [5, 5.41) is 0. The Morgan fingerprint density at radius 1 is 1.40 bits per heavy atom. The topological polar surface area (TPSA) is 33.2 Å². The molecular formula is C15H21N3OS. The van der Waals surface area contributed by atoms with Crippen LogP contribution in [0.1, 0.15) is 25.8 Å². The second-order valence-corrected chi connectivity index (χ2v) is 6.08. The quantitative estimate of drug-likeness (QED) is 0.861. The molecule has 1 fully saturated rings. The average molecular weight is 291 g/mol. The fourth-order valence-corrected chi connectivity index (χ4v) is 3.45. The van der Waals surface area contributed by atoms with Crippen molar-refractivity contribution in [3.8, 4) is 5.75 Å². The molecule has 1 aromatic heterocycles. The maximum atomic E-state index is 5.53. The fraction of sp³-hybridized carbons (Fsp3) is 0.533. The summed E-state index contributed by atoms with van der Waals surface area (Å²) in [6.07, 6.45) is 2.27. The van der Waals surface area contributed by atoms with E-state index in [-0.39, 0.29) is 0 Å². The van der Waals surface area contributed by atoms with E-state index in [0.29, 0.717) is 12.1 Å². The number of rotatable bonds is 2. The molecule has 20 heavy (non-hydrogen) atoms. The maximum Gasteiger partial charge on any atom is 0.178 e. The first kappa shape index (κ1) is 13.6. The van der Waals surface area contributed by atoms with Gasteiger partial charge in [0.05, 0.1) is 18.1 Å². The average Bonchev–Trinajstić information content (AvgIpc) is 2.77. The van der Waals surface area contributed by atoms with E-state index >= 15 is 0 Å². The molecule has 2 aromatic rings. The zero-order valence-corrected chi connectivity index (χ0v) is 13.0. The number of ether oxygens (including phenoxy) is 1. The molecule has 4 nitrogen and oxygen atoms in total. The van der Waals surface area contributed by atoms with Crippen molar-refractivity contribution in [2.45, 2.75) is 31.8 Å². The number of imidazole rings is 1. The summed E-state index contributed by atoms with van der Waals surface area (Å²) in [5.74, 6) is 0.876. The van der Waals surface area contributed by atoms with Crippen LogP contribution in [0.5, 0.6) is 5.75 Å². The highest BCUT2D eigenvalue weighted by Crippen LogP contribution is 2.31. The minimum Gasteiger partial charge on any atom is -0.497 e. The molecular weight excluding hydrogens is 270 g/mol. The van der Waals surface area contributed by atoms with Gasteiger partial charge in [0.2, 0.25) is 0 Å². The van der Waals surface area contributed by atoms with Crippen LogP contribution in [-0.2, 0) is 0 Å². The number of hydrogen-bond acceptors (Lipinski definition) is 3. The summed E-state index contributed by atoms with van der Waals surface area (Å²) in [5.41, 5.74) is 2.23. The van der Waals surface area contributed by atoms with Crippen molar-refractivity contribution in [2.75, 3.05) is 20.7 Å². The molecule has 1 aromatic carbocycles. The number of H-pyrrole nitrogens is 1. The van der Waals surface area contributed by atoms with Crippen molar-refractivity contribution in [3.05, 3.63) is 23.0 Å². The first-order chi connectivity index (χ1) is 9.60. The third-order valence-electron chi connectivity index (χ3n) is 4.47. The van der Waals surface area contributed by atoms with Gasteiger partial charge in [-0.25, -0.2) is 0 Å². The second kappa shape index (κ2) is 5.22. The van der Waals surface area contributed by atoms with Gasteiger partial charge in [-0.2, -0.15) is 0 Å². The van der Waals surface area contributed by atoms with E-state index in [1.807, 2.05) is 12.1 Å². The molecule has 1 aliphatic rings. The number of benzene rings is 1. The van der Waals surface area contributed by atoms with Gasteiger partial charge < -0.3 is 19.2 Å². The lowest BCUT2D eigenvalue weighted by Gasteiger charge is -2.35. The Bertz CT molecular complexity index is 675. The lowest BCUT2D eigenvalue weighted by Crippen LogP contribution is -2.38. The van der Waals surface area contributed by atoms with Crippen molar-refractivity contribution >= 4 is 23.3 Å². The smallest absolute Gasteiger partial charge is 0.178 e. The summed E-state index contributed by atoms with van der Waals surface area (Å²) in [6.45, 7) is 3.40. The van der Waals surface area contributed by atoms with Crippen LogP contribution >= 0.6 is 12.2 Å². The molecule has 5 heteroatoms. The van der Waals surface area contributed by atoms with Crippen molar-refractivity contribution < 1.29 is 4.74 Å². The summed E-state index contributed by atoms with van der Waals surface area (Å²) >= 11 is 5.53. The van der Waals surface area contributed by atoms with Gasteiger partial charge in [-0.3, -0.25) is 0 Å². The molecule has 1 saturated heterocycles. The normalized spacial score (nSPS) is 24.1. The molecule has 108 valence electrons. The molecule has 3 rings (SSSR count). The van der Waals surface area contributed by atoms with Crippen LogP contribution in [0, 0.1) is 4.77 Å². The highest BCUT2D eigenvalue weighted by Gasteiger charge is 2.25. The van der Waals surface area contributed by atoms with Crippen LogP contribution < -0.4 is 4.74 Å². The summed E-state index contributed by atoms with van der Waals surface area (Å²) < 4.78 is 8.43. The summed E-state index contributed by atoms with van der Waals surface area (Å²) in [6, 6.07) is 7.14. The second-order valence-electron chi connectivity index (χ2n) is 5.69. The molecule has 2 atom stereocenters. The Morgan fingerprint density at radius 2 is 2.20 bits per heavy atom. The first-order valence-electron chi connectivity index (χ1n) is 7.08. The van der Waals surface area contributed by atoms with Crippen LogP contribution in [-0.4, -0.2) is 41.2 Å². The van der Waals surface area contributed by atoms with Crippen LogP contribution in [0.25, 0.3) is 11.0 Å². The number of likely N-dealkylation sites (tertiary alicyclic amines) is 1. The highest BCUT2D eigenvalue weighted by atomic mass is 32.1. The molecule has 1 aliphatic heterocycles. The molecule has 2 unspecified atom stereocenters.